The van der Waals surface area contributed by atoms with Gasteiger partial charge in [0, 0.05) is 11.9 Å². The quantitative estimate of drug-likeness (QED) is 0.439. The lowest BCUT2D eigenvalue weighted by atomic mass is 10.2. The molecule has 0 unspecified atom stereocenters. The summed E-state index contributed by atoms with van der Waals surface area (Å²) >= 11 is 0. The Hall–Kier alpha value is -3.36. The highest BCUT2D eigenvalue weighted by atomic mass is 19.4. The van der Waals surface area contributed by atoms with Gasteiger partial charge in [-0.05, 0) is 62.1 Å². The number of benzene rings is 2. The van der Waals surface area contributed by atoms with Crippen LogP contribution < -0.4 is 15.4 Å². The fourth-order valence-corrected chi connectivity index (χ4v) is 3.38. The average Bonchev–Trinajstić information content (AvgIpc) is 3.24. The fourth-order valence-electron chi connectivity index (χ4n) is 3.38. The van der Waals surface area contributed by atoms with Crippen LogP contribution in [0.15, 0.2) is 54.7 Å². The molecule has 162 valence electrons. The van der Waals surface area contributed by atoms with Gasteiger partial charge in [-0.3, -0.25) is 0 Å². The third-order valence-electron chi connectivity index (χ3n) is 4.94. The number of alkyl halides is 3. The Morgan fingerprint density at radius 2 is 1.65 bits per heavy atom. The second kappa shape index (κ2) is 8.79. The van der Waals surface area contributed by atoms with Crippen LogP contribution in [0.4, 0.5) is 40.7 Å². The molecule has 3 aromatic rings. The number of nitrogens with one attached hydrogen (secondary N) is 2. The van der Waals surface area contributed by atoms with Gasteiger partial charge in [-0.15, -0.1) is 0 Å². The van der Waals surface area contributed by atoms with E-state index in [9.17, 15) is 17.6 Å². The van der Waals surface area contributed by atoms with Gasteiger partial charge in [0.15, 0.2) is 0 Å². The molecular weight excluding hydrogens is 412 g/mol. The highest BCUT2D eigenvalue weighted by Gasteiger charge is 2.35. The third kappa shape index (κ3) is 5.22. The second-order valence-electron chi connectivity index (χ2n) is 7.23. The summed E-state index contributed by atoms with van der Waals surface area (Å²) in [7, 11) is 0. The van der Waals surface area contributed by atoms with Gasteiger partial charge in [0.2, 0.25) is 5.95 Å². The molecule has 0 bridgehead atoms. The Labute approximate surface area is 176 Å². The number of hydrogen-bond donors (Lipinski definition) is 2. The van der Waals surface area contributed by atoms with Crippen molar-refractivity contribution in [2.45, 2.75) is 38.0 Å². The van der Waals surface area contributed by atoms with Gasteiger partial charge in [0.05, 0.1) is 11.8 Å². The number of nitrogens with zero attached hydrogens (tertiary/aromatic N) is 2. The van der Waals surface area contributed by atoms with E-state index in [1.54, 1.807) is 24.3 Å². The maximum Gasteiger partial charge on any atom is 0.421 e. The van der Waals surface area contributed by atoms with Gasteiger partial charge in [0.1, 0.15) is 22.9 Å². The van der Waals surface area contributed by atoms with Crippen LogP contribution in [0.2, 0.25) is 0 Å². The minimum absolute atomic E-state index is 0.0590. The molecule has 1 saturated carbocycles. The Morgan fingerprint density at radius 3 is 2.32 bits per heavy atom. The van der Waals surface area contributed by atoms with Crippen molar-refractivity contribution in [3.8, 4) is 5.75 Å². The molecule has 5 nitrogen and oxygen atoms in total. The molecule has 31 heavy (non-hydrogen) atoms. The van der Waals surface area contributed by atoms with Gasteiger partial charge in [-0.25, -0.2) is 9.37 Å². The van der Waals surface area contributed by atoms with Crippen molar-refractivity contribution in [2.75, 3.05) is 10.6 Å². The second-order valence-corrected chi connectivity index (χ2v) is 7.23. The van der Waals surface area contributed by atoms with Gasteiger partial charge < -0.3 is 15.4 Å². The lowest BCUT2D eigenvalue weighted by Crippen LogP contribution is -2.13. The van der Waals surface area contributed by atoms with Crippen LogP contribution in [0.25, 0.3) is 0 Å². The summed E-state index contributed by atoms with van der Waals surface area (Å²) in [4.78, 5) is 7.69. The summed E-state index contributed by atoms with van der Waals surface area (Å²) in [5.74, 6) is -0.568. The van der Waals surface area contributed by atoms with E-state index < -0.39 is 23.4 Å². The molecule has 1 aliphatic rings. The van der Waals surface area contributed by atoms with Crippen molar-refractivity contribution >= 4 is 23.1 Å². The summed E-state index contributed by atoms with van der Waals surface area (Å²) in [6.07, 6.45) is 0.594. The van der Waals surface area contributed by atoms with E-state index in [0.717, 1.165) is 24.7 Å². The molecule has 1 aliphatic carbocycles. The number of aromatic nitrogens is 2. The zero-order valence-corrected chi connectivity index (χ0v) is 16.4. The Kier molecular flexibility index (Phi) is 5.92. The molecule has 0 aliphatic heterocycles. The number of ether oxygens (including phenoxy) is 1. The zero-order chi connectivity index (χ0) is 21.8. The first-order chi connectivity index (χ1) is 14.9. The lowest BCUT2D eigenvalue weighted by molar-refractivity contribution is -0.137. The number of para-hydroxylation sites is 1. The monoisotopic (exact) mass is 432 g/mol. The summed E-state index contributed by atoms with van der Waals surface area (Å²) < 4.78 is 59.9. The van der Waals surface area contributed by atoms with E-state index >= 15 is 0 Å². The van der Waals surface area contributed by atoms with Crippen LogP contribution in [-0.4, -0.2) is 16.1 Å². The Balaban J connectivity index is 1.53. The predicted octanol–water partition coefficient (Wildman–Crippen LogP) is 6.44. The highest BCUT2D eigenvalue weighted by molar-refractivity contribution is 5.63. The van der Waals surface area contributed by atoms with E-state index in [-0.39, 0.29) is 17.7 Å². The molecule has 0 spiro atoms. The first kappa shape index (κ1) is 20.9. The number of anilines is 4. The first-order valence-electron chi connectivity index (χ1n) is 9.88. The maximum absolute atomic E-state index is 13.9. The van der Waals surface area contributed by atoms with Crippen LogP contribution >= 0.6 is 0 Å². The smallest absolute Gasteiger partial charge is 0.421 e. The normalized spacial score (nSPS) is 14.5. The highest BCUT2D eigenvalue weighted by Crippen LogP contribution is 2.35. The zero-order valence-electron chi connectivity index (χ0n) is 16.4. The van der Waals surface area contributed by atoms with Crippen LogP contribution in [0.5, 0.6) is 5.75 Å². The molecule has 2 aromatic carbocycles. The lowest BCUT2D eigenvalue weighted by Gasteiger charge is -2.16. The fraction of sp³-hybridized carbons (Fsp3) is 0.273. The summed E-state index contributed by atoms with van der Waals surface area (Å²) in [5, 5.41) is 5.28. The summed E-state index contributed by atoms with van der Waals surface area (Å²) in [5.41, 5.74) is -0.636. The van der Waals surface area contributed by atoms with Gasteiger partial charge >= 0.3 is 6.18 Å². The largest absolute Gasteiger partial charge is 0.490 e. The molecule has 1 fully saturated rings. The maximum atomic E-state index is 13.9. The van der Waals surface area contributed by atoms with Crippen molar-refractivity contribution in [1.82, 2.24) is 9.97 Å². The van der Waals surface area contributed by atoms with Crippen molar-refractivity contribution in [3.63, 3.8) is 0 Å². The molecule has 9 heteroatoms. The molecule has 0 amide bonds. The molecule has 4 rings (SSSR count). The van der Waals surface area contributed by atoms with Crippen LogP contribution in [-0.2, 0) is 6.18 Å². The van der Waals surface area contributed by atoms with Gasteiger partial charge in [-0.1, -0.05) is 12.1 Å². The van der Waals surface area contributed by atoms with E-state index in [1.807, 2.05) is 0 Å². The SMILES string of the molecule is Fc1ccccc1Nc1nc(Nc2ccc(OC3CCCC3)cc2)ncc1C(F)(F)F. The van der Waals surface area contributed by atoms with Crippen molar-refractivity contribution in [3.05, 3.63) is 66.1 Å². The number of halogens is 4. The minimum Gasteiger partial charge on any atom is -0.490 e. The van der Waals surface area contributed by atoms with Crippen molar-refractivity contribution in [2.24, 2.45) is 0 Å². The third-order valence-corrected chi connectivity index (χ3v) is 4.94. The predicted molar refractivity (Wildman–Crippen MR) is 109 cm³/mol. The average molecular weight is 432 g/mol. The molecular formula is C22H20F4N4O. The number of hydrogen-bond acceptors (Lipinski definition) is 5. The molecule has 1 aromatic heterocycles. The topological polar surface area (TPSA) is 59.1 Å². The summed E-state index contributed by atoms with van der Waals surface area (Å²) in [6.45, 7) is 0. The standard InChI is InChI=1S/C22H20F4N4O/c23-18-7-3-4-8-19(18)29-20-17(22(24,25)26)13-27-21(30-20)28-14-9-11-16(12-10-14)31-15-5-1-2-6-15/h3-4,7-13,15H,1-2,5-6H2,(H2,27,28,29,30). The number of rotatable bonds is 6. The summed E-state index contributed by atoms with van der Waals surface area (Å²) in [6, 6.07) is 12.4. The molecule has 0 saturated heterocycles. The Bertz CT molecular complexity index is 1030. The molecule has 0 radical (unpaired) electrons. The van der Waals surface area contributed by atoms with Crippen molar-refractivity contribution in [1.29, 1.82) is 0 Å². The van der Waals surface area contributed by atoms with E-state index in [0.29, 0.717) is 11.9 Å². The van der Waals surface area contributed by atoms with Crippen LogP contribution in [0.3, 0.4) is 0 Å². The van der Waals surface area contributed by atoms with E-state index in [4.69, 9.17) is 4.74 Å². The van der Waals surface area contributed by atoms with Gasteiger partial charge in [-0.2, -0.15) is 18.2 Å². The van der Waals surface area contributed by atoms with E-state index in [1.165, 1.54) is 31.0 Å². The Morgan fingerprint density at radius 1 is 0.935 bits per heavy atom. The minimum atomic E-state index is -4.70. The van der Waals surface area contributed by atoms with Gasteiger partial charge in [0.25, 0.3) is 0 Å². The van der Waals surface area contributed by atoms with E-state index in [2.05, 4.69) is 20.6 Å². The van der Waals surface area contributed by atoms with Crippen molar-refractivity contribution < 1.29 is 22.3 Å². The molecule has 0 atom stereocenters. The van der Waals surface area contributed by atoms with Crippen LogP contribution in [0, 0.1) is 5.82 Å². The molecule has 1 heterocycles. The van der Waals surface area contributed by atoms with Crippen LogP contribution in [0.1, 0.15) is 31.2 Å². The first-order valence-corrected chi connectivity index (χ1v) is 9.88. The molecule has 2 N–H and O–H groups in total.